The van der Waals surface area contributed by atoms with Crippen molar-refractivity contribution in [2.45, 2.75) is 26.3 Å². The molecule has 6 nitrogen and oxygen atoms in total. The molecule has 3 heterocycles. The lowest BCUT2D eigenvalue weighted by atomic mass is 10.1. The molecule has 0 spiro atoms. The van der Waals surface area contributed by atoms with E-state index in [0.717, 1.165) is 28.8 Å². The topological polar surface area (TPSA) is 72.7 Å². The average Bonchev–Trinajstić information content (AvgIpc) is 3.53. The summed E-state index contributed by atoms with van der Waals surface area (Å²) in [5.74, 6) is 1.08. The molecule has 1 aliphatic rings. The number of aryl methyl sites for hydroxylation is 1. The molecule has 0 bridgehead atoms. The van der Waals surface area contributed by atoms with Crippen LogP contribution in [0.5, 0.6) is 0 Å². The van der Waals surface area contributed by atoms with Crippen molar-refractivity contribution >= 4 is 23.2 Å². The van der Waals surface area contributed by atoms with Gasteiger partial charge in [0, 0.05) is 64.9 Å². The molecule has 1 saturated carbocycles. The van der Waals surface area contributed by atoms with E-state index in [1.54, 1.807) is 30.9 Å². The third-order valence-corrected chi connectivity index (χ3v) is 6.02. The number of benzene rings is 1. The lowest BCUT2D eigenvalue weighted by molar-refractivity contribution is 0.101. The number of nitrogens with zero attached hydrogens (tertiary/aromatic N) is 4. The van der Waals surface area contributed by atoms with Gasteiger partial charge in [0.15, 0.2) is 5.82 Å². The molecular weight excluding hydrogens is 422 g/mol. The van der Waals surface area contributed by atoms with Crippen LogP contribution in [0.3, 0.4) is 0 Å². The molecule has 32 heavy (non-hydrogen) atoms. The number of pyridine rings is 1. The lowest BCUT2D eigenvalue weighted by Gasteiger charge is -2.10. The molecule has 1 aliphatic carbocycles. The Morgan fingerprint density at radius 1 is 1.09 bits per heavy atom. The zero-order chi connectivity index (χ0) is 22.1. The van der Waals surface area contributed by atoms with Gasteiger partial charge < -0.3 is 9.88 Å². The van der Waals surface area contributed by atoms with Crippen LogP contribution in [0.4, 0.5) is 5.69 Å². The number of amides is 1. The maximum absolute atomic E-state index is 13.1. The van der Waals surface area contributed by atoms with E-state index in [2.05, 4.69) is 20.3 Å². The highest BCUT2D eigenvalue weighted by Gasteiger charge is 2.25. The van der Waals surface area contributed by atoms with Crippen LogP contribution >= 0.6 is 11.6 Å². The maximum Gasteiger partial charge on any atom is 0.272 e. The van der Waals surface area contributed by atoms with Crippen LogP contribution in [0.25, 0.3) is 22.5 Å². The van der Waals surface area contributed by atoms with Crippen LogP contribution in [0, 0.1) is 12.8 Å². The Labute approximate surface area is 191 Å². The number of anilines is 1. The van der Waals surface area contributed by atoms with Gasteiger partial charge in [-0.3, -0.25) is 9.78 Å². The minimum atomic E-state index is -0.162. The van der Waals surface area contributed by atoms with Crippen LogP contribution in [-0.4, -0.2) is 25.4 Å². The third-order valence-electron chi connectivity index (χ3n) is 5.62. The zero-order valence-electron chi connectivity index (χ0n) is 17.6. The summed E-state index contributed by atoms with van der Waals surface area (Å²) >= 11 is 6.22. The van der Waals surface area contributed by atoms with Crippen LogP contribution < -0.4 is 5.32 Å². The number of hydrogen-bond acceptors (Lipinski definition) is 4. The highest BCUT2D eigenvalue weighted by Crippen LogP contribution is 2.33. The number of aromatic nitrogens is 4. The van der Waals surface area contributed by atoms with Gasteiger partial charge in [0.05, 0.1) is 0 Å². The second-order valence-corrected chi connectivity index (χ2v) is 8.57. The summed E-state index contributed by atoms with van der Waals surface area (Å²) in [4.78, 5) is 26.2. The number of hydrogen-bond donors (Lipinski definition) is 1. The Balaban J connectivity index is 1.42. The predicted octanol–water partition coefficient (Wildman–Crippen LogP) is 5.63. The van der Waals surface area contributed by atoms with Gasteiger partial charge in [0.1, 0.15) is 5.69 Å². The normalized spacial score (nSPS) is 13.2. The van der Waals surface area contributed by atoms with E-state index < -0.39 is 0 Å². The first-order chi connectivity index (χ1) is 15.6. The highest BCUT2D eigenvalue weighted by molar-refractivity contribution is 6.31. The molecule has 0 aliphatic heterocycles. The second-order valence-electron chi connectivity index (χ2n) is 8.16. The summed E-state index contributed by atoms with van der Waals surface area (Å²) in [6.07, 6.45) is 11.4. The van der Waals surface area contributed by atoms with Gasteiger partial charge >= 0.3 is 0 Å². The van der Waals surface area contributed by atoms with Crippen molar-refractivity contribution in [3.05, 3.63) is 83.7 Å². The molecule has 1 amide bonds. The van der Waals surface area contributed by atoms with E-state index >= 15 is 0 Å². The number of rotatable bonds is 6. The Kier molecular flexibility index (Phi) is 5.45. The largest absolute Gasteiger partial charge is 0.343 e. The van der Waals surface area contributed by atoms with Gasteiger partial charge in [-0.2, -0.15) is 0 Å². The summed E-state index contributed by atoms with van der Waals surface area (Å²) in [5, 5.41) is 3.60. The predicted molar refractivity (Wildman–Crippen MR) is 126 cm³/mol. The fraction of sp³-hybridized carbons (Fsp3) is 0.200. The molecule has 3 aromatic heterocycles. The first-order valence-electron chi connectivity index (χ1n) is 10.6. The molecule has 1 aromatic carbocycles. The van der Waals surface area contributed by atoms with E-state index in [0.29, 0.717) is 28.1 Å². The van der Waals surface area contributed by atoms with Crippen molar-refractivity contribution in [3.8, 4) is 22.5 Å². The first-order valence-corrected chi connectivity index (χ1v) is 10.9. The average molecular weight is 444 g/mol. The smallest absolute Gasteiger partial charge is 0.272 e. The lowest BCUT2D eigenvalue weighted by Crippen LogP contribution is -2.17. The van der Waals surface area contributed by atoms with Crippen molar-refractivity contribution in [3.63, 3.8) is 0 Å². The van der Waals surface area contributed by atoms with Gasteiger partial charge in [-0.1, -0.05) is 17.7 Å². The molecule has 4 aromatic rings. The van der Waals surface area contributed by atoms with Crippen molar-refractivity contribution in [2.75, 3.05) is 5.32 Å². The van der Waals surface area contributed by atoms with Crippen LogP contribution in [-0.2, 0) is 6.54 Å². The molecule has 1 N–H and O–H groups in total. The minimum Gasteiger partial charge on any atom is -0.343 e. The monoisotopic (exact) mass is 443 g/mol. The van der Waals surface area contributed by atoms with E-state index in [4.69, 9.17) is 11.6 Å². The van der Waals surface area contributed by atoms with Crippen LogP contribution in [0.2, 0.25) is 5.02 Å². The molecule has 160 valence electrons. The Morgan fingerprint density at radius 2 is 1.91 bits per heavy atom. The Bertz CT molecular complexity index is 1260. The van der Waals surface area contributed by atoms with Crippen molar-refractivity contribution in [1.82, 2.24) is 19.5 Å². The van der Waals surface area contributed by atoms with Gasteiger partial charge in [0.25, 0.3) is 5.91 Å². The molecule has 0 unspecified atom stereocenters. The molecule has 1 fully saturated rings. The number of carbonyl (C=O) groups is 1. The fourth-order valence-electron chi connectivity index (χ4n) is 3.58. The quantitative estimate of drug-likeness (QED) is 0.419. The highest BCUT2D eigenvalue weighted by atomic mass is 35.5. The van der Waals surface area contributed by atoms with Crippen molar-refractivity contribution < 1.29 is 4.79 Å². The zero-order valence-corrected chi connectivity index (χ0v) is 18.4. The summed E-state index contributed by atoms with van der Waals surface area (Å²) in [6, 6.07) is 11.2. The van der Waals surface area contributed by atoms with Crippen LogP contribution in [0.1, 0.15) is 28.9 Å². The first kappa shape index (κ1) is 20.4. The van der Waals surface area contributed by atoms with Crippen molar-refractivity contribution in [1.29, 1.82) is 0 Å². The third kappa shape index (κ3) is 4.41. The summed E-state index contributed by atoms with van der Waals surface area (Å²) in [5.41, 5.74) is 4.89. The molecular formula is C25H22ClN5O. The van der Waals surface area contributed by atoms with Gasteiger partial charge in [-0.05, 0) is 61.6 Å². The SMILES string of the molecule is Cc1ccc(NC(=O)c2cc(-c3cnc(-c4cccnc4)nc3)cn2CC2CC2)cc1Cl. The number of halogens is 1. The van der Waals surface area contributed by atoms with Crippen molar-refractivity contribution in [2.24, 2.45) is 5.92 Å². The van der Waals surface area contributed by atoms with Gasteiger partial charge in [-0.15, -0.1) is 0 Å². The Hall–Kier alpha value is -3.51. The summed E-state index contributed by atoms with van der Waals surface area (Å²) < 4.78 is 2.03. The van der Waals surface area contributed by atoms with Gasteiger partial charge in [-0.25, -0.2) is 9.97 Å². The fourth-order valence-corrected chi connectivity index (χ4v) is 3.76. The standard InChI is InChI=1S/C25H22ClN5O/c1-16-4-7-21(10-22(16)26)30-25(32)23-9-19(15-31(23)14-17-5-6-17)20-12-28-24(29-13-20)18-3-2-8-27-11-18/h2-4,7-13,15,17H,5-6,14H2,1H3,(H,30,32). The number of carbonyl (C=O) groups excluding carboxylic acids is 1. The summed E-state index contributed by atoms with van der Waals surface area (Å²) in [7, 11) is 0. The van der Waals surface area contributed by atoms with E-state index in [9.17, 15) is 4.79 Å². The summed E-state index contributed by atoms with van der Waals surface area (Å²) in [6.45, 7) is 2.76. The van der Waals surface area contributed by atoms with E-state index in [1.165, 1.54) is 12.8 Å². The molecule has 7 heteroatoms. The maximum atomic E-state index is 13.1. The molecule has 5 rings (SSSR count). The van der Waals surface area contributed by atoms with E-state index in [1.807, 2.05) is 48.0 Å². The number of nitrogens with one attached hydrogen (secondary N) is 1. The minimum absolute atomic E-state index is 0.162. The van der Waals surface area contributed by atoms with Gasteiger partial charge in [0.2, 0.25) is 0 Å². The second kappa shape index (κ2) is 8.55. The molecule has 0 saturated heterocycles. The molecule has 0 radical (unpaired) electrons. The molecule has 0 atom stereocenters. The van der Waals surface area contributed by atoms with Crippen LogP contribution in [0.15, 0.2) is 67.4 Å². The Morgan fingerprint density at radius 3 is 2.59 bits per heavy atom. The van der Waals surface area contributed by atoms with E-state index in [-0.39, 0.29) is 5.91 Å².